The van der Waals surface area contributed by atoms with Crippen LogP contribution in [-0.4, -0.2) is 34.1 Å². The van der Waals surface area contributed by atoms with Gasteiger partial charge in [0.05, 0.1) is 16.2 Å². The van der Waals surface area contributed by atoms with Crippen LogP contribution in [0.4, 0.5) is 5.69 Å². The van der Waals surface area contributed by atoms with Gasteiger partial charge < -0.3 is 5.11 Å². The van der Waals surface area contributed by atoms with Crippen molar-refractivity contribution in [2.45, 2.75) is 0 Å². The minimum atomic E-state index is -1.04. The van der Waals surface area contributed by atoms with Crippen molar-refractivity contribution < 1.29 is 14.7 Å². The summed E-state index contributed by atoms with van der Waals surface area (Å²) in [5.74, 6) is -1.27. The molecule has 2 aromatic carbocycles. The van der Waals surface area contributed by atoms with Crippen molar-refractivity contribution in [3.05, 3.63) is 68.5 Å². The lowest BCUT2D eigenvalue weighted by Gasteiger charge is -2.07. The molecule has 1 N–H and O–H groups in total. The molecule has 2 aromatic rings. The highest BCUT2D eigenvalue weighted by Crippen LogP contribution is 2.36. The van der Waals surface area contributed by atoms with Gasteiger partial charge in [-0.25, -0.2) is 9.79 Å². The van der Waals surface area contributed by atoms with Crippen LogP contribution in [0.3, 0.4) is 0 Å². The molecule has 3 rings (SSSR count). The first-order chi connectivity index (χ1) is 12.4. The molecular weight excluding hydrogens is 395 g/mol. The lowest BCUT2D eigenvalue weighted by Crippen LogP contribution is -2.23. The highest BCUT2D eigenvalue weighted by molar-refractivity contribution is 8.18. The van der Waals surface area contributed by atoms with E-state index >= 15 is 0 Å². The molecule has 0 unspecified atom stereocenters. The Bertz CT molecular complexity index is 952. The van der Waals surface area contributed by atoms with Gasteiger partial charge in [0.1, 0.15) is 0 Å². The molecule has 1 fully saturated rings. The average molecular weight is 407 g/mol. The Hall–Kier alpha value is -2.28. The van der Waals surface area contributed by atoms with E-state index in [1.54, 1.807) is 43.5 Å². The van der Waals surface area contributed by atoms with Gasteiger partial charge in [-0.1, -0.05) is 35.3 Å². The number of hydrogen-bond donors (Lipinski definition) is 1. The number of hydrogen-bond acceptors (Lipinski definition) is 4. The van der Waals surface area contributed by atoms with Gasteiger partial charge >= 0.3 is 5.97 Å². The number of rotatable bonds is 3. The molecule has 0 aromatic heterocycles. The van der Waals surface area contributed by atoms with E-state index in [1.165, 1.54) is 28.8 Å². The molecule has 0 atom stereocenters. The van der Waals surface area contributed by atoms with Crippen LogP contribution < -0.4 is 0 Å². The number of carboxylic acid groups (broad SMARTS) is 1. The molecule has 1 aliphatic rings. The number of benzene rings is 2. The first kappa shape index (κ1) is 18.5. The molecule has 1 saturated heterocycles. The average Bonchev–Trinajstić information content (AvgIpc) is 2.86. The Balaban J connectivity index is 1.95. The van der Waals surface area contributed by atoms with E-state index in [1.807, 2.05) is 0 Å². The number of carbonyl (C=O) groups is 2. The summed E-state index contributed by atoms with van der Waals surface area (Å²) in [4.78, 5) is 29.8. The Morgan fingerprint density at radius 3 is 2.50 bits per heavy atom. The number of amides is 1. The summed E-state index contributed by atoms with van der Waals surface area (Å²) in [6.07, 6.45) is 1.63. The van der Waals surface area contributed by atoms with E-state index < -0.39 is 5.97 Å². The summed E-state index contributed by atoms with van der Waals surface area (Å²) in [7, 11) is 1.60. The number of carboxylic acids is 1. The molecule has 0 aliphatic carbocycles. The first-order valence-corrected chi connectivity index (χ1v) is 8.97. The van der Waals surface area contributed by atoms with E-state index in [0.29, 0.717) is 31.4 Å². The van der Waals surface area contributed by atoms with Gasteiger partial charge in [0.2, 0.25) is 0 Å². The maximum atomic E-state index is 12.5. The topological polar surface area (TPSA) is 70.0 Å². The smallest absolute Gasteiger partial charge is 0.335 e. The molecule has 0 bridgehead atoms. The van der Waals surface area contributed by atoms with Gasteiger partial charge in [0, 0.05) is 22.7 Å². The van der Waals surface area contributed by atoms with Crippen LogP contribution in [0, 0.1) is 0 Å². The van der Waals surface area contributed by atoms with Crippen LogP contribution in [-0.2, 0) is 4.79 Å². The highest BCUT2D eigenvalue weighted by atomic mass is 35.5. The fraction of sp³-hybridized carbons (Fsp3) is 0.0556. The number of halogens is 2. The SMILES string of the molecule is CN1C(=O)/C(=C/c2c(Cl)cccc2Cl)SC1=Nc1cccc(C(=O)O)c1. The largest absolute Gasteiger partial charge is 0.478 e. The van der Waals surface area contributed by atoms with Crippen molar-refractivity contribution >= 4 is 63.8 Å². The van der Waals surface area contributed by atoms with Gasteiger partial charge in [0.15, 0.2) is 5.17 Å². The Morgan fingerprint density at radius 1 is 1.19 bits per heavy atom. The predicted octanol–water partition coefficient (Wildman–Crippen LogP) is 4.93. The van der Waals surface area contributed by atoms with Gasteiger partial charge in [-0.2, -0.15) is 0 Å². The van der Waals surface area contributed by atoms with Gasteiger partial charge in [-0.05, 0) is 48.2 Å². The van der Waals surface area contributed by atoms with Crippen molar-refractivity contribution in [2.75, 3.05) is 7.05 Å². The second-order valence-corrected chi connectivity index (χ2v) is 7.18. The number of carbonyl (C=O) groups excluding carboxylic acids is 1. The van der Waals surface area contributed by atoms with E-state index in [-0.39, 0.29) is 11.5 Å². The van der Waals surface area contributed by atoms with Gasteiger partial charge in [-0.3, -0.25) is 9.69 Å². The fourth-order valence-electron chi connectivity index (χ4n) is 2.25. The highest BCUT2D eigenvalue weighted by Gasteiger charge is 2.30. The number of amidine groups is 1. The van der Waals surface area contributed by atoms with Crippen molar-refractivity contribution in [1.29, 1.82) is 0 Å². The van der Waals surface area contributed by atoms with E-state index in [9.17, 15) is 9.59 Å². The van der Waals surface area contributed by atoms with Crippen LogP contribution in [0.15, 0.2) is 52.4 Å². The number of nitrogens with zero attached hydrogens (tertiary/aromatic N) is 2. The zero-order chi connectivity index (χ0) is 18.8. The Labute approximate surface area is 163 Å². The molecule has 1 heterocycles. The van der Waals surface area contributed by atoms with Crippen molar-refractivity contribution in [3.8, 4) is 0 Å². The summed E-state index contributed by atoms with van der Waals surface area (Å²) < 4.78 is 0. The lowest BCUT2D eigenvalue weighted by atomic mass is 10.2. The summed E-state index contributed by atoms with van der Waals surface area (Å²) in [5, 5.41) is 10.4. The summed E-state index contributed by atoms with van der Waals surface area (Å²) >= 11 is 13.5. The third-order valence-electron chi connectivity index (χ3n) is 3.60. The van der Waals surface area contributed by atoms with Crippen molar-refractivity contribution in [1.82, 2.24) is 4.90 Å². The number of aromatic carboxylic acids is 1. The Morgan fingerprint density at radius 2 is 1.85 bits per heavy atom. The van der Waals surface area contributed by atoms with E-state index in [2.05, 4.69) is 4.99 Å². The second-order valence-electron chi connectivity index (χ2n) is 5.36. The Kier molecular flexibility index (Phi) is 5.36. The molecular formula is C18H12Cl2N2O3S. The molecule has 1 aliphatic heterocycles. The number of thioether (sulfide) groups is 1. The number of likely N-dealkylation sites (N-methyl/N-ethyl adjacent to an activating group) is 1. The summed E-state index contributed by atoms with van der Waals surface area (Å²) in [6, 6.07) is 11.3. The third-order valence-corrected chi connectivity index (χ3v) is 5.32. The van der Waals surface area contributed by atoms with Crippen molar-refractivity contribution in [3.63, 3.8) is 0 Å². The first-order valence-electron chi connectivity index (χ1n) is 7.40. The van der Waals surface area contributed by atoms with Gasteiger partial charge in [0.25, 0.3) is 5.91 Å². The molecule has 132 valence electrons. The van der Waals surface area contributed by atoms with Crippen LogP contribution in [0.2, 0.25) is 10.0 Å². The molecule has 0 radical (unpaired) electrons. The normalized spacial score (nSPS) is 17.3. The monoisotopic (exact) mass is 406 g/mol. The third kappa shape index (κ3) is 3.77. The lowest BCUT2D eigenvalue weighted by molar-refractivity contribution is -0.121. The second kappa shape index (κ2) is 7.53. The van der Waals surface area contributed by atoms with Crippen molar-refractivity contribution in [2.24, 2.45) is 4.99 Å². The molecule has 0 spiro atoms. The summed E-state index contributed by atoms with van der Waals surface area (Å²) in [5.41, 5.74) is 1.14. The van der Waals surface area contributed by atoms with Crippen LogP contribution >= 0.6 is 35.0 Å². The van der Waals surface area contributed by atoms with Gasteiger partial charge in [-0.15, -0.1) is 0 Å². The van der Waals surface area contributed by atoms with Crippen LogP contribution in [0.5, 0.6) is 0 Å². The molecule has 5 nitrogen and oxygen atoms in total. The molecule has 8 heteroatoms. The number of aliphatic imine (C=N–C) groups is 1. The standard InChI is InChI=1S/C18H12Cl2N2O3S/c1-22-16(23)15(9-12-13(19)6-3-7-14(12)20)26-18(22)21-11-5-2-4-10(8-11)17(24)25/h2-9H,1H3,(H,24,25)/b15-9-,21-18?. The zero-order valence-electron chi connectivity index (χ0n) is 13.4. The maximum Gasteiger partial charge on any atom is 0.335 e. The molecule has 1 amide bonds. The summed E-state index contributed by atoms with van der Waals surface area (Å²) in [6.45, 7) is 0. The maximum absolute atomic E-state index is 12.5. The van der Waals surface area contributed by atoms with Crippen LogP contribution in [0.25, 0.3) is 6.08 Å². The quantitative estimate of drug-likeness (QED) is 0.733. The van der Waals surface area contributed by atoms with E-state index in [0.717, 1.165) is 0 Å². The van der Waals surface area contributed by atoms with Crippen LogP contribution in [0.1, 0.15) is 15.9 Å². The molecule has 0 saturated carbocycles. The molecule has 26 heavy (non-hydrogen) atoms. The predicted molar refractivity (Wildman–Crippen MR) is 105 cm³/mol. The minimum Gasteiger partial charge on any atom is -0.478 e. The minimum absolute atomic E-state index is 0.127. The van der Waals surface area contributed by atoms with E-state index in [4.69, 9.17) is 28.3 Å². The fourth-order valence-corrected chi connectivity index (χ4v) is 3.73. The zero-order valence-corrected chi connectivity index (χ0v) is 15.8.